The molecule has 0 spiro atoms. The zero-order chi connectivity index (χ0) is 14.5. The van der Waals surface area contributed by atoms with Gasteiger partial charge in [0, 0.05) is 17.5 Å². The van der Waals surface area contributed by atoms with E-state index in [1.54, 1.807) is 10.4 Å². The number of benzene rings is 1. The Morgan fingerprint density at radius 3 is 2.30 bits per heavy atom. The number of hydrogen-bond donors (Lipinski definition) is 0. The summed E-state index contributed by atoms with van der Waals surface area (Å²) < 4.78 is 27.7. The predicted octanol–water partition coefficient (Wildman–Crippen LogP) is 3.23. The highest BCUT2D eigenvalue weighted by molar-refractivity contribution is 7.89. The van der Waals surface area contributed by atoms with Crippen molar-refractivity contribution in [2.24, 2.45) is 0 Å². The van der Waals surface area contributed by atoms with Gasteiger partial charge >= 0.3 is 0 Å². The lowest BCUT2D eigenvalue weighted by atomic mass is 10.1. The van der Waals surface area contributed by atoms with Crippen LogP contribution in [0, 0.1) is 13.8 Å². The van der Waals surface area contributed by atoms with Crippen molar-refractivity contribution in [2.75, 3.05) is 0 Å². The van der Waals surface area contributed by atoms with Crippen LogP contribution >= 0.6 is 11.6 Å². The summed E-state index contributed by atoms with van der Waals surface area (Å²) in [6.45, 7) is 3.85. The molecule has 3 rings (SSSR count). The van der Waals surface area contributed by atoms with Gasteiger partial charge in [0.15, 0.2) is 0 Å². The molecule has 0 N–H and O–H groups in total. The normalized spacial score (nSPS) is 30.6. The van der Waals surface area contributed by atoms with E-state index in [2.05, 4.69) is 0 Å². The van der Waals surface area contributed by atoms with Crippen LogP contribution in [-0.4, -0.2) is 30.2 Å². The van der Waals surface area contributed by atoms with Gasteiger partial charge in [0.2, 0.25) is 10.0 Å². The summed E-state index contributed by atoms with van der Waals surface area (Å²) in [5.41, 5.74) is 1.92. The van der Waals surface area contributed by atoms with Crippen molar-refractivity contribution in [3.05, 3.63) is 29.3 Å². The topological polar surface area (TPSA) is 37.4 Å². The van der Waals surface area contributed by atoms with E-state index in [1.165, 1.54) is 0 Å². The quantitative estimate of drug-likeness (QED) is 0.786. The lowest BCUT2D eigenvalue weighted by molar-refractivity contribution is 0.251. The second-order valence-corrected chi connectivity index (χ2v) is 8.49. The van der Waals surface area contributed by atoms with Gasteiger partial charge < -0.3 is 0 Å². The molecule has 2 saturated heterocycles. The Morgan fingerprint density at radius 2 is 1.75 bits per heavy atom. The van der Waals surface area contributed by atoms with Crippen LogP contribution in [0.25, 0.3) is 0 Å². The Labute approximate surface area is 126 Å². The van der Waals surface area contributed by atoms with Gasteiger partial charge in [-0.2, -0.15) is 4.31 Å². The first-order chi connectivity index (χ1) is 9.39. The first-order valence-corrected chi connectivity index (χ1v) is 9.02. The number of halogens is 1. The van der Waals surface area contributed by atoms with Crippen molar-refractivity contribution < 1.29 is 8.42 Å². The molecule has 5 heteroatoms. The predicted molar refractivity (Wildman–Crippen MR) is 80.6 cm³/mol. The first kappa shape index (κ1) is 14.4. The highest BCUT2D eigenvalue weighted by atomic mass is 35.5. The number of rotatable bonds is 2. The van der Waals surface area contributed by atoms with Crippen molar-refractivity contribution in [3.63, 3.8) is 0 Å². The summed E-state index contributed by atoms with van der Waals surface area (Å²) in [5.74, 6) is 0. The van der Waals surface area contributed by atoms with E-state index in [1.807, 2.05) is 26.0 Å². The summed E-state index contributed by atoms with van der Waals surface area (Å²) in [5, 5.41) is 0.123. The van der Waals surface area contributed by atoms with Crippen molar-refractivity contribution in [1.29, 1.82) is 0 Å². The molecule has 0 aromatic heterocycles. The van der Waals surface area contributed by atoms with Gasteiger partial charge in [-0.05, 0) is 51.2 Å². The number of aryl methyl sites for hydroxylation is 2. The maximum atomic E-state index is 13.0. The summed E-state index contributed by atoms with van der Waals surface area (Å²) in [7, 11) is -3.39. The fourth-order valence-electron chi connectivity index (χ4n) is 3.66. The third-order valence-electron chi connectivity index (χ3n) is 4.49. The number of alkyl halides is 1. The fraction of sp³-hybridized carbons (Fsp3) is 0.600. The molecule has 0 aliphatic carbocycles. The Morgan fingerprint density at radius 1 is 1.15 bits per heavy atom. The minimum Gasteiger partial charge on any atom is -0.207 e. The van der Waals surface area contributed by atoms with Gasteiger partial charge in [0.1, 0.15) is 0 Å². The van der Waals surface area contributed by atoms with Gasteiger partial charge in [-0.15, -0.1) is 11.6 Å². The van der Waals surface area contributed by atoms with E-state index in [0.29, 0.717) is 4.90 Å². The van der Waals surface area contributed by atoms with Gasteiger partial charge in [0.05, 0.1) is 4.90 Å². The van der Waals surface area contributed by atoms with Crippen LogP contribution in [0.1, 0.15) is 36.8 Å². The molecule has 0 saturated carbocycles. The van der Waals surface area contributed by atoms with Gasteiger partial charge in [-0.3, -0.25) is 0 Å². The molecule has 2 unspecified atom stereocenters. The van der Waals surface area contributed by atoms with E-state index < -0.39 is 10.0 Å². The van der Waals surface area contributed by atoms with E-state index >= 15 is 0 Å². The average Bonchev–Trinajstić information content (AvgIpc) is 2.62. The first-order valence-electron chi connectivity index (χ1n) is 7.14. The van der Waals surface area contributed by atoms with E-state index in [9.17, 15) is 8.42 Å². The maximum Gasteiger partial charge on any atom is 0.243 e. The molecule has 0 amide bonds. The molecule has 0 radical (unpaired) electrons. The maximum absolute atomic E-state index is 13.0. The Hall–Kier alpha value is -0.580. The molecule has 110 valence electrons. The molecule has 1 aromatic rings. The second-order valence-electron chi connectivity index (χ2n) is 6.06. The van der Waals surface area contributed by atoms with Crippen molar-refractivity contribution >= 4 is 21.6 Å². The van der Waals surface area contributed by atoms with Gasteiger partial charge in [0.25, 0.3) is 0 Å². The monoisotopic (exact) mass is 313 g/mol. The summed E-state index contributed by atoms with van der Waals surface area (Å²) in [6.07, 6.45) is 3.44. The lowest BCUT2D eigenvalue weighted by Gasteiger charge is -2.36. The molecule has 20 heavy (non-hydrogen) atoms. The van der Waals surface area contributed by atoms with E-state index in [0.717, 1.165) is 36.8 Å². The summed E-state index contributed by atoms with van der Waals surface area (Å²) >= 11 is 6.24. The summed E-state index contributed by atoms with van der Waals surface area (Å²) in [4.78, 5) is 0.452. The van der Waals surface area contributed by atoms with Crippen LogP contribution in [0.4, 0.5) is 0 Å². The molecule has 2 aliphatic heterocycles. The molecule has 2 bridgehead atoms. The molecule has 2 atom stereocenters. The molecule has 1 aromatic carbocycles. The van der Waals surface area contributed by atoms with Crippen LogP contribution in [0.3, 0.4) is 0 Å². The van der Waals surface area contributed by atoms with Crippen molar-refractivity contribution in [1.82, 2.24) is 4.31 Å². The third kappa shape index (κ3) is 2.28. The van der Waals surface area contributed by atoms with E-state index in [4.69, 9.17) is 11.6 Å². The van der Waals surface area contributed by atoms with Crippen molar-refractivity contribution in [3.8, 4) is 0 Å². The molecular formula is C15H20ClNO2S. The van der Waals surface area contributed by atoms with Crippen LogP contribution in [0.5, 0.6) is 0 Å². The molecule has 2 aliphatic rings. The Kier molecular flexibility index (Phi) is 3.59. The third-order valence-corrected chi connectivity index (χ3v) is 7.02. The minimum atomic E-state index is -3.39. The van der Waals surface area contributed by atoms with Crippen LogP contribution in [0.2, 0.25) is 0 Å². The highest BCUT2D eigenvalue weighted by Gasteiger charge is 2.47. The number of piperidine rings is 1. The van der Waals surface area contributed by atoms with E-state index in [-0.39, 0.29) is 17.5 Å². The largest absolute Gasteiger partial charge is 0.243 e. The average molecular weight is 314 g/mol. The van der Waals surface area contributed by atoms with Crippen LogP contribution in [-0.2, 0) is 10.0 Å². The molecule has 2 heterocycles. The van der Waals surface area contributed by atoms with Crippen LogP contribution < -0.4 is 0 Å². The second kappa shape index (κ2) is 5.00. The molecular weight excluding hydrogens is 294 g/mol. The SMILES string of the molecule is Cc1ccc(S(=O)(=O)N2C3CCC2CC(Cl)C3)c(C)c1. The Bertz CT molecular complexity index is 615. The standard InChI is InChI=1S/C15H20ClNO2S/c1-10-3-6-15(11(2)7-10)20(18,19)17-13-4-5-14(17)9-12(16)8-13/h3,6-7,12-14H,4-5,8-9H2,1-2H3. The molecule has 2 fully saturated rings. The zero-order valence-electron chi connectivity index (χ0n) is 11.8. The number of fused-ring (bicyclic) bond motifs is 2. The van der Waals surface area contributed by atoms with Gasteiger partial charge in [-0.25, -0.2) is 8.42 Å². The van der Waals surface area contributed by atoms with Gasteiger partial charge in [-0.1, -0.05) is 17.7 Å². The minimum absolute atomic E-state index is 0.0851. The Balaban J connectivity index is 2.01. The van der Waals surface area contributed by atoms with Crippen molar-refractivity contribution in [2.45, 2.75) is 61.9 Å². The number of hydrogen-bond acceptors (Lipinski definition) is 2. The molecule has 3 nitrogen and oxygen atoms in total. The lowest BCUT2D eigenvalue weighted by Crippen LogP contribution is -2.46. The smallest absolute Gasteiger partial charge is 0.207 e. The summed E-state index contributed by atoms with van der Waals surface area (Å²) in [6, 6.07) is 5.72. The highest BCUT2D eigenvalue weighted by Crippen LogP contribution is 2.41. The fourth-order valence-corrected chi connectivity index (χ4v) is 6.17. The van der Waals surface area contributed by atoms with Crippen LogP contribution in [0.15, 0.2) is 23.1 Å². The number of sulfonamides is 1. The number of nitrogens with zero attached hydrogens (tertiary/aromatic N) is 1. The zero-order valence-corrected chi connectivity index (χ0v) is 13.4.